The predicted molar refractivity (Wildman–Crippen MR) is 61.6 cm³/mol. The molecule has 0 saturated carbocycles. The molecule has 0 bridgehead atoms. The van der Waals surface area contributed by atoms with E-state index in [0.717, 1.165) is 11.3 Å². The van der Waals surface area contributed by atoms with Crippen molar-refractivity contribution in [3.8, 4) is 0 Å². The number of carbonyl (C=O) groups is 1. The fraction of sp³-hybridized carbons (Fsp3) is 0.0833. The van der Waals surface area contributed by atoms with Gasteiger partial charge in [0.05, 0.1) is 5.69 Å². The lowest BCUT2D eigenvalue weighted by atomic mass is 10.2. The minimum Gasteiger partial charge on any atom is -0.477 e. The molecule has 0 saturated heterocycles. The first-order valence-corrected chi connectivity index (χ1v) is 4.91. The fourth-order valence-electron chi connectivity index (χ4n) is 1.51. The SMILES string of the molecule is Cc1cccc(Nn2cccc2C(=O)O)c1. The number of hydrogen-bond acceptors (Lipinski definition) is 2. The first kappa shape index (κ1) is 10.3. The monoisotopic (exact) mass is 216 g/mol. The van der Waals surface area contributed by atoms with Crippen molar-refractivity contribution in [1.29, 1.82) is 0 Å². The van der Waals surface area contributed by atoms with Gasteiger partial charge in [-0.05, 0) is 36.8 Å². The highest BCUT2D eigenvalue weighted by Crippen LogP contribution is 2.11. The number of nitrogens with one attached hydrogen (secondary N) is 1. The Bertz CT molecular complexity index is 517. The van der Waals surface area contributed by atoms with Crippen LogP contribution in [-0.2, 0) is 0 Å². The Labute approximate surface area is 93.1 Å². The third-order valence-electron chi connectivity index (χ3n) is 2.24. The number of rotatable bonds is 3. The molecule has 0 amide bonds. The van der Waals surface area contributed by atoms with Gasteiger partial charge in [0.2, 0.25) is 0 Å². The van der Waals surface area contributed by atoms with Gasteiger partial charge >= 0.3 is 5.97 Å². The molecule has 0 fully saturated rings. The quantitative estimate of drug-likeness (QED) is 0.828. The summed E-state index contributed by atoms with van der Waals surface area (Å²) in [5.74, 6) is -0.954. The molecule has 0 unspecified atom stereocenters. The molecule has 82 valence electrons. The van der Waals surface area contributed by atoms with E-state index in [1.807, 2.05) is 31.2 Å². The molecule has 0 aliphatic heterocycles. The molecular formula is C12H12N2O2. The van der Waals surface area contributed by atoms with Crippen LogP contribution in [0.2, 0.25) is 0 Å². The number of carboxylic acid groups (broad SMARTS) is 1. The van der Waals surface area contributed by atoms with Gasteiger partial charge < -0.3 is 5.11 Å². The average molecular weight is 216 g/mol. The molecule has 16 heavy (non-hydrogen) atoms. The van der Waals surface area contributed by atoms with Gasteiger partial charge in [-0.25, -0.2) is 4.79 Å². The Kier molecular flexibility index (Phi) is 2.64. The van der Waals surface area contributed by atoms with E-state index in [1.54, 1.807) is 18.3 Å². The van der Waals surface area contributed by atoms with Crippen LogP contribution in [0.5, 0.6) is 0 Å². The number of nitrogens with zero attached hydrogens (tertiary/aromatic N) is 1. The molecule has 1 aromatic carbocycles. The molecule has 0 radical (unpaired) electrons. The molecule has 0 aliphatic rings. The molecule has 0 aliphatic carbocycles. The predicted octanol–water partition coefficient (Wildman–Crippen LogP) is 2.37. The number of benzene rings is 1. The van der Waals surface area contributed by atoms with E-state index in [2.05, 4.69) is 5.43 Å². The Morgan fingerprint density at radius 1 is 1.31 bits per heavy atom. The zero-order chi connectivity index (χ0) is 11.5. The summed E-state index contributed by atoms with van der Waals surface area (Å²) in [4.78, 5) is 10.9. The number of hydrogen-bond donors (Lipinski definition) is 2. The van der Waals surface area contributed by atoms with Crippen molar-refractivity contribution in [1.82, 2.24) is 4.68 Å². The summed E-state index contributed by atoms with van der Waals surface area (Å²) in [5, 5.41) is 8.93. The smallest absolute Gasteiger partial charge is 0.354 e. The van der Waals surface area contributed by atoms with Crippen LogP contribution in [0.1, 0.15) is 16.1 Å². The van der Waals surface area contributed by atoms with E-state index in [1.165, 1.54) is 4.68 Å². The molecule has 0 spiro atoms. The number of aromatic carboxylic acids is 1. The second kappa shape index (κ2) is 4.10. The number of aromatic nitrogens is 1. The average Bonchev–Trinajstić information content (AvgIpc) is 2.66. The zero-order valence-electron chi connectivity index (χ0n) is 8.84. The van der Waals surface area contributed by atoms with Crippen LogP contribution in [0.4, 0.5) is 5.69 Å². The van der Waals surface area contributed by atoms with Crippen molar-refractivity contribution in [2.45, 2.75) is 6.92 Å². The normalized spacial score (nSPS) is 10.1. The van der Waals surface area contributed by atoms with E-state index in [0.29, 0.717) is 0 Å². The number of aryl methyl sites for hydroxylation is 1. The van der Waals surface area contributed by atoms with Gasteiger partial charge in [-0.15, -0.1) is 0 Å². The highest BCUT2D eigenvalue weighted by molar-refractivity contribution is 5.86. The molecule has 1 aromatic heterocycles. The molecule has 1 heterocycles. The summed E-state index contributed by atoms with van der Waals surface area (Å²) in [7, 11) is 0. The Balaban J connectivity index is 2.27. The van der Waals surface area contributed by atoms with Gasteiger partial charge in [-0.2, -0.15) is 0 Å². The molecule has 2 aromatic rings. The third-order valence-corrected chi connectivity index (χ3v) is 2.24. The Morgan fingerprint density at radius 3 is 2.81 bits per heavy atom. The standard InChI is InChI=1S/C12H12N2O2/c1-9-4-2-5-10(8-9)13-14-7-3-6-11(14)12(15)16/h2-8,13H,1H3,(H,15,16). The third kappa shape index (κ3) is 2.06. The minimum absolute atomic E-state index is 0.210. The molecule has 0 atom stereocenters. The summed E-state index contributed by atoms with van der Waals surface area (Å²) < 4.78 is 1.48. The maximum absolute atomic E-state index is 10.9. The molecule has 2 N–H and O–H groups in total. The highest BCUT2D eigenvalue weighted by atomic mass is 16.4. The topological polar surface area (TPSA) is 54.3 Å². The van der Waals surface area contributed by atoms with Crippen LogP contribution in [0.25, 0.3) is 0 Å². The van der Waals surface area contributed by atoms with Crippen molar-refractivity contribution in [3.05, 3.63) is 53.9 Å². The summed E-state index contributed by atoms with van der Waals surface area (Å²) in [6, 6.07) is 11.0. The van der Waals surface area contributed by atoms with Crippen LogP contribution < -0.4 is 5.43 Å². The molecule has 2 rings (SSSR count). The lowest BCUT2D eigenvalue weighted by molar-refractivity contribution is 0.0687. The lowest BCUT2D eigenvalue weighted by Crippen LogP contribution is -2.14. The minimum atomic E-state index is -0.954. The second-order valence-electron chi connectivity index (χ2n) is 3.55. The molecule has 4 heteroatoms. The van der Waals surface area contributed by atoms with Crippen molar-refractivity contribution in [2.75, 3.05) is 5.43 Å². The van der Waals surface area contributed by atoms with E-state index < -0.39 is 5.97 Å². The summed E-state index contributed by atoms with van der Waals surface area (Å²) >= 11 is 0. The maximum Gasteiger partial charge on any atom is 0.354 e. The van der Waals surface area contributed by atoms with Crippen LogP contribution in [0, 0.1) is 6.92 Å². The van der Waals surface area contributed by atoms with Crippen molar-refractivity contribution < 1.29 is 9.90 Å². The van der Waals surface area contributed by atoms with E-state index in [9.17, 15) is 4.79 Å². The van der Waals surface area contributed by atoms with Crippen LogP contribution >= 0.6 is 0 Å². The van der Waals surface area contributed by atoms with Crippen LogP contribution in [-0.4, -0.2) is 15.8 Å². The van der Waals surface area contributed by atoms with Gasteiger partial charge in [0.25, 0.3) is 0 Å². The van der Waals surface area contributed by atoms with Crippen molar-refractivity contribution >= 4 is 11.7 Å². The van der Waals surface area contributed by atoms with Gasteiger partial charge in [-0.1, -0.05) is 12.1 Å². The zero-order valence-corrected chi connectivity index (χ0v) is 8.84. The first-order valence-electron chi connectivity index (χ1n) is 4.91. The van der Waals surface area contributed by atoms with Gasteiger partial charge in [-0.3, -0.25) is 10.1 Å². The summed E-state index contributed by atoms with van der Waals surface area (Å²) in [6.07, 6.45) is 1.67. The highest BCUT2D eigenvalue weighted by Gasteiger charge is 2.08. The van der Waals surface area contributed by atoms with E-state index in [4.69, 9.17) is 5.11 Å². The van der Waals surface area contributed by atoms with Gasteiger partial charge in [0.15, 0.2) is 0 Å². The van der Waals surface area contributed by atoms with E-state index in [-0.39, 0.29) is 5.69 Å². The van der Waals surface area contributed by atoms with Crippen molar-refractivity contribution in [3.63, 3.8) is 0 Å². The largest absolute Gasteiger partial charge is 0.477 e. The number of carboxylic acids is 1. The Hall–Kier alpha value is -2.23. The van der Waals surface area contributed by atoms with Crippen LogP contribution in [0.15, 0.2) is 42.6 Å². The first-order chi connectivity index (χ1) is 7.66. The molecular weight excluding hydrogens is 204 g/mol. The Morgan fingerprint density at radius 2 is 2.12 bits per heavy atom. The molecule has 4 nitrogen and oxygen atoms in total. The number of anilines is 1. The maximum atomic E-state index is 10.9. The van der Waals surface area contributed by atoms with Crippen LogP contribution in [0.3, 0.4) is 0 Å². The second-order valence-corrected chi connectivity index (χ2v) is 3.55. The lowest BCUT2D eigenvalue weighted by Gasteiger charge is -2.10. The van der Waals surface area contributed by atoms with E-state index >= 15 is 0 Å². The summed E-state index contributed by atoms with van der Waals surface area (Å²) in [5.41, 5.74) is 5.20. The van der Waals surface area contributed by atoms with Gasteiger partial charge in [0.1, 0.15) is 5.69 Å². The van der Waals surface area contributed by atoms with Crippen molar-refractivity contribution in [2.24, 2.45) is 0 Å². The summed E-state index contributed by atoms with van der Waals surface area (Å²) in [6.45, 7) is 1.99. The fourth-order valence-corrected chi connectivity index (χ4v) is 1.51. The van der Waals surface area contributed by atoms with Gasteiger partial charge in [0, 0.05) is 6.20 Å².